The van der Waals surface area contributed by atoms with Gasteiger partial charge in [0.05, 0.1) is 17.2 Å². The van der Waals surface area contributed by atoms with Gasteiger partial charge in [-0.3, -0.25) is 4.79 Å². The molecule has 2 atom stereocenters. The van der Waals surface area contributed by atoms with Gasteiger partial charge in [0.1, 0.15) is 29.4 Å². The monoisotopic (exact) mass is 543 g/mol. The van der Waals surface area contributed by atoms with Crippen LogP contribution in [0.1, 0.15) is 57.2 Å². The number of nitriles is 2. The Hall–Kier alpha value is -4.12. The Morgan fingerprint density at radius 1 is 1.13 bits per heavy atom. The quantitative estimate of drug-likeness (QED) is 0.218. The molecule has 204 valence electrons. The first-order valence-electron chi connectivity index (χ1n) is 12.8. The van der Waals surface area contributed by atoms with E-state index in [1.807, 2.05) is 70.8 Å². The molecule has 0 saturated heterocycles. The van der Waals surface area contributed by atoms with Gasteiger partial charge < -0.3 is 14.8 Å². The molecule has 0 aromatic heterocycles. The van der Waals surface area contributed by atoms with Crippen LogP contribution in [0.3, 0.4) is 0 Å². The lowest BCUT2D eigenvalue weighted by molar-refractivity contribution is -0.116. The number of carbonyl (C=O) groups excluding carboxylic acids is 1. The van der Waals surface area contributed by atoms with Crippen LogP contribution in [-0.4, -0.2) is 25.7 Å². The maximum absolute atomic E-state index is 11.6. The van der Waals surface area contributed by atoms with Gasteiger partial charge in [0, 0.05) is 18.7 Å². The Balaban J connectivity index is 0.00000181. The highest BCUT2D eigenvalue weighted by molar-refractivity contribution is 7.15. The van der Waals surface area contributed by atoms with Crippen LogP contribution >= 0.6 is 9.24 Å². The van der Waals surface area contributed by atoms with Gasteiger partial charge in [-0.2, -0.15) is 10.5 Å². The Kier molecular flexibility index (Phi) is 14.7. The molecule has 1 aliphatic carbocycles. The number of likely N-dealkylation sites (N-methyl/N-ethyl adjacent to an activating group) is 1. The van der Waals surface area contributed by atoms with E-state index < -0.39 is 0 Å². The topological polar surface area (TPSA) is 95.1 Å². The summed E-state index contributed by atoms with van der Waals surface area (Å²) in [6, 6.07) is 16.5. The molecule has 2 aromatic rings. The van der Waals surface area contributed by atoms with Gasteiger partial charge in [0.2, 0.25) is 5.91 Å². The highest BCUT2D eigenvalue weighted by Gasteiger charge is 2.28. The fourth-order valence-electron chi connectivity index (χ4n) is 3.91. The van der Waals surface area contributed by atoms with Crippen molar-refractivity contribution in [1.82, 2.24) is 5.32 Å². The van der Waals surface area contributed by atoms with E-state index in [1.54, 1.807) is 31.3 Å². The number of nitrogens with zero attached hydrogens (tertiary/aromatic N) is 2. The maximum atomic E-state index is 11.6. The molecular formula is C32H38N3O3P. The number of benzene rings is 2. The number of rotatable bonds is 8. The minimum absolute atomic E-state index is 0.146. The summed E-state index contributed by atoms with van der Waals surface area (Å²) in [4.78, 5) is 11.6. The first-order valence-corrected chi connectivity index (χ1v) is 14.0. The van der Waals surface area contributed by atoms with Crippen LogP contribution in [0.2, 0.25) is 0 Å². The van der Waals surface area contributed by atoms with E-state index in [4.69, 9.17) is 14.7 Å². The molecule has 1 amide bonds. The second-order valence-corrected chi connectivity index (χ2v) is 7.94. The third-order valence-corrected chi connectivity index (χ3v) is 5.76. The van der Waals surface area contributed by atoms with Gasteiger partial charge in [-0.15, -0.1) is 9.24 Å². The second-order valence-electron chi connectivity index (χ2n) is 7.94. The molecule has 39 heavy (non-hydrogen) atoms. The van der Waals surface area contributed by atoms with E-state index in [-0.39, 0.29) is 12.0 Å². The number of allylic oxidation sites excluding steroid dienone is 3. The Morgan fingerprint density at radius 2 is 1.79 bits per heavy atom. The van der Waals surface area contributed by atoms with Crippen molar-refractivity contribution in [2.24, 2.45) is 0 Å². The Labute approximate surface area is 235 Å². The van der Waals surface area contributed by atoms with Crippen LogP contribution in [-0.2, 0) is 4.79 Å². The smallest absolute Gasteiger partial charge is 0.244 e. The molecule has 0 fully saturated rings. The second kappa shape index (κ2) is 17.4. The van der Waals surface area contributed by atoms with Crippen molar-refractivity contribution in [2.75, 3.05) is 13.7 Å². The van der Waals surface area contributed by atoms with Crippen molar-refractivity contribution < 1.29 is 14.3 Å². The number of hydrogen-bond acceptors (Lipinski definition) is 5. The molecule has 0 heterocycles. The van der Waals surface area contributed by atoms with Crippen molar-refractivity contribution in [3.05, 3.63) is 101 Å². The summed E-state index contributed by atoms with van der Waals surface area (Å²) in [5.74, 6) is 1.61. The first-order chi connectivity index (χ1) is 18.9. The van der Waals surface area contributed by atoms with Crippen molar-refractivity contribution in [2.45, 2.75) is 46.6 Å². The van der Waals surface area contributed by atoms with Crippen LogP contribution in [0.15, 0.2) is 84.2 Å². The summed E-state index contributed by atoms with van der Waals surface area (Å²) in [6.07, 6.45) is 6.50. The highest BCUT2D eigenvalue weighted by atomic mass is 31.0. The van der Waals surface area contributed by atoms with Crippen LogP contribution < -0.4 is 14.8 Å². The SMILES string of the molecule is C=CC1=C(/C(=C\C)Oc2ccc(C#N)cc2C#N)CCC1Oc1ccc(/C(C)=C/C(=O)NC)cc1.CC.CP. The summed E-state index contributed by atoms with van der Waals surface area (Å²) < 4.78 is 12.4. The molecule has 0 saturated carbocycles. The lowest BCUT2D eigenvalue weighted by atomic mass is 10.1. The molecule has 6 nitrogen and oxygen atoms in total. The van der Waals surface area contributed by atoms with Crippen molar-refractivity contribution >= 4 is 20.7 Å². The summed E-state index contributed by atoms with van der Waals surface area (Å²) in [7, 11) is 4.01. The van der Waals surface area contributed by atoms with Crippen molar-refractivity contribution in [3.8, 4) is 23.6 Å². The summed E-state index contributed by atoms with van der Waals surface area (Å²) in [5, 5.41) is 21.1. The van der Waals surface area contributed by atoms with E-state index in [0.29, 0.717) is 28.4 Å². The highest BCUT2D eigenvalue weighted by Crippen LogP contribution is 2.36. The van der Waals surface area contributed by atoms with E-state index in [0.717, 1.165) is 35.1 Å². The van der Waals surface area contributed by atoms with Gasteiger partial charge in [-0.25, -0.2) is 0 Å². The van der Waals surface area contributed by atoms with Gasteiger partial charge in [0.15, 0.2) is 0 Å². The van der Waals surface area contributed by atoms with Crippen LogP contribution in [0, 0.1) is 22.7 Å². The molecule has 0 aliphatic heterocycles. The molecule has 0 bridgehead atoms. The Morgan fingerprint density at radius 3 is 2.33 bits per heavy atom. The molecule has 0 spiro atoms. The zero-order valence-corrected chi connectivity index (χ0v) is 24.8. The number of amides is 1. The summed E-state index contributed by atoms with van der Waals surface area (Å²) >= 11 is 0. The van der Waals surface area contributed by atoms with Gasteiger partial charge >= 0.3 is 0 Å². The van der Waals surface area contributed by atoms with Gasteiger partial charge in [0.25, 0.3) is 0 Å². The zero-order valence-electron chi connectivity index (χ0n) is 23.7. The van der Waals surface area contributed by atoms with Crippen LogP contribution in [0.5, 0.6) is 11.5 Å². The zero-order chi connectivity index (χ0) is 29.4. The number of carbonyl (C=O) groups is 1. The molecule has 0 radical (unpaired) electrons. The number of nitrogens with one attached hydrogen (secondary N) is 1. The lowest BCUT2D eigenvalue weighted by Gasteiger charge is -2.17. The van der Waals surface area contributed by atoms with Gasteiger partial charge in [-0.05, 0) is 79.8 Å². The third-order valence-electron chi connectivity index (χ3n) is 5.76. The minimum Gasteiger partial charge on any atom is -0.486 e. The first kappa shape index (κ1) is 32.9. The van der Waals surface area contributed by atoms with Crippen molar-refractivity contribution in [1.29, 1.82) is 10.5 Å². The van der Waals surface area contributed by atoms with E-state index >= 15 is 0 Å². The average molecular weight is 544 g/mol. The predicted molar refractivity (Wildman–Crippen MR) is 162 cm³/mol. The molecule has 1 aliphatic rings. The number of hydrogen-bond donors (Lipinski definition) is 1. The van der Waals surface area contributed by atoms with Crippen LogP contribution in [0.25, 0.3) is 5.57 Å². The Bertz CT molecular complexity index is 1310. The summed E-state index contributed by atoms with van der Waals surface area (Å²) in [5.41, 5.74) is 4.41. The normalized spacial score (nSPS) is 14.4. The molecular weight excluding hydrogens is 505 g/mol. The average Bonchev–Trinajstić information content (AvgIpc) is 3.40. The van der Waals surface area contributed by atoms with Gasteiger partial charge in [-0.1, -0.05) is 45.3 Å². The number of ether oxygens (including phenoxy) is 2. The fourth-order valence-corrected chi connectivity index (χ4v) is 3.91. The molecule has 2 aromatic carbocycles. The van der Waals surface area contributed by atoms with E-state index in [1.165, 1.54) is 6.07 Å². The largest absolute Gasteiger partial charge is 0.486 e. The maximum Gasteiger partial charge on any atom is 0.244 e. The van der Waals surface area contributed by atoms with Crippen molar-refractivity contribution in [3.63, 3.8) is 0 Å². The van der Waals surface area contributed by atoms with E-state index in [2.05, 4.69) is 27.2 Å². The molecule has 1 N–H and O–H groups in total. The standard InChI is InChI=1S/C29H27N3O3.C2H6.CH5P/c1-5-24-25(26(6-2)35-27-13-7-20(17-30)16-22(27)18-31)12-14-28(24)34-23-10-8-21(9-11-23)19(3)15-29(33)32-4;2*1-2/h5-11,13,15-16,28H,1,12,14H2,2-4H3,(H,32,33);1-2H3;2H2,1H3/b19-15+,26-6+;;. The van der Waals surface area contributed by atoms with E-state index in [9.17, 15) is 10.1 Å². The van der Waals surface area contributed by atoms with Crippen LogP contribution in [0.4, 0.5) is 0 Å². The molecule has 3 rings (SSSR count). The third kappa shape index (κ3) is 8.99. The summed E-state index contributed by atoms with van der Waals surface area (Å²) in [6.45, 7) is 13.7. The fraction of sp³-hybridized carbons (Fsp3) is 0.281. The lowest BCUT2D eigenvalue weighted by Crippen LogP contribution is -2.15. The molecule has 7 heteroatoms. The predicted octanol–water partition coefficient (Wildman–Crippen LogP) is 7.10. The molecule has 2 unspecified atom stereocenters. The minimum atomic E-state index is -0.189.